The highest BCUT2D eigenvalue weighted by Gasteiger charge is 2.70. The molecule has 0 aromatic heterocycles. The Bertz CT molecular complexity index is 1330. The number of nitrogens with zero attached hydrogens (tertiary/aromatic N) is 1. The molecule has 1 amide bonds. The molecular formula is C36H56N4O9. The number of carbonyl (C=O) groups excluding carboxylic acids is 3. The molecule has 0 aromatic carbocycles. The van der Waals surface area contributed by atoms with Gasteiger partial charge in [-0.2, -0.15) is 0 Å². The van der Waals surface area contributed by atoms with Crippen molar-refractivity contribution >= 4 is 29.8 Å². The van der Waals surface area contributed by atoms with E-state index >= 15 is 0 Å². The highest BCUT2D eigenvalue weighted by Crippen LogP contribution is 2.70. The number of nitrogens with two attached hydrogens (primary N) is 2. The number of aliphatic carboxylic acids is 1. The van der Waals surface area contributed by atoms with E-state index < -0.39 is 29.1 Å². The van der Waals surface area contributed by atoms with Gasteiger partial charge in [0.25, 0.3) is 0 Å². The average molecular weight is 689 g/mol. The zero-order valence-electron chi connectivity index (χ0n) is 29.0. The number of aliphatic hydroxyl groups excluding tert-OH is 1. The van der Waals surface area contributed by atoms with Gasteiger partial charge < -0.3 is 41.6 Å². The van der Waals surface area contributed by atoms with E-state index in [9.17, 15) is 34.5 Å². The predicted molar refractivity (Wildman–Crippen MR) is 180 cm³/mol. The van der Waals surface area contributed by atoms with E-state index in [0.717, 1.165) is 44.1 Å². The minimum Gasteiger partial charge on any atom is -0.480 e. The molecule has 4 aliphatic carbocycles. The van der Waals surface area contributed by atoms with Gasteiger partial charge in [-0.3, -0.25) is 14.6 Å². The fourth-order valence-corrected chi connectivity index (χ4v) is 10.6. The van der Waals surface area contributed by atoms with Gasteiger partial charge in [-0.25, -0.2) is 9.59 Å². The van der Waals surface area contributed by atoms with Crippen LogP contribution >= 0.6 is 0 Å². The SMILES string of the molecule is C[C@]12CC[C@H](OC(=O)CCCCCC(=O)N[C@@H](CCCN=C(N)N)C(=O)O)C[C@H]1CC[C@H]1[C@@H]2[C@H](O)C[C@]2(C)[C@@H](C3=CC(=O)OC3)CC[C@]12O. The second kappa shape index (κ2) is 15.0. The van der Waals surface area contributed by atoms with Crippen LogP contribution in [0.15, 0.2) is 16.6 Å². The van der Waals surface area contributed by atoms with Crippen molar-refractivity contribution in [1.29, 1.82) is 0 Å². The number of carboxylic acid groups (broad SMARTS) is 1. The Kier molecular flexibility index (Phi) is 11.3. The van der Waals surface area contributed by atoms with Gasteiger partial charge in [0.1, 0.15) is 18.8 Å². The molecule has 5 rings (SSSR count). The highest BCUT2D eigenvalue weighted by atomic mass is 16.5. The van der Waals surface area contributed by atoms with E-state index in [1.165, 1.54) is 0 Å². The van der Waals surface area contributed by atoms with Crippen LogP contribution in [0.5, 0.6) is 0 Å². The number of unbranched alkanes of at least 4 members (excludes halogenated alkanes) is 2. The summed E-state index contributed by atoms with van der Waals surface area (Å²) in [7, 11) is 0. The molecule has 8 N–H and O–H groups in total. The Morgan fingerprint density at radius 3 is 2.53 bits per heavy atom. The summed E-state index contributed by atoms with van der Waals surface area (Å²) in [6.45, 7) is 4.93. The molecule has 0 unspecified atom stereocenters. The van der Waals surface area contributed by atoms with Crippen LogP contribution in [0.25, 0.3) is 0 Å². The van der Waals surface area contributed by atoms with E-state index in [0.29, 0.717) is 38.5 Å². The molecule has 274 valence electrons. The molecule has 4 saturated carbocycles. The first kappa shape index (κ1) is 37.1. The maximum atomic E-state index is 12.8. The predicted octanol–water partition coefficient (Wildman–Crippen LogP) is 2.70. The zero-order chi connectivity index (χ0) is 35.6. The van der Waals surface area contributed by atoms with Gasteiger partial charge in [-0.05, 0) is 112 Å². The van der Waals surface area contributed by atoms with Crippen molar-refractivity contribution < 1.29 is 44.0 Å². The molecule has 1 aliphatic heterocycles. The number of hydrogen-bond acceptors (Lipinski definition) is 9. The van der Waals surface area contributed by atoms with E-state index in [1.54, 1.807) is 6.08 Å². The van der Waals surface area contributed by atoms with Crippen molar-refractivity contribution in [2.75, 3.05) is 13.2 Å². The van der Waals surface area contributed by atoms with Crippen LogP contribution in [-0.4, -0.2) is 82.1 Å². The minimum absolute atomic E-state index is 0.0142. The van der Waals surface area contributed by atoms with Gasteiger partial charge in [0, 0.05) is 30.9 Å². The number of fused-ring (bicyclic) bond motifs is 5. The largest absolute Gasteiger partial charge is 0.480 e. The summed E-state index contributed by atoms with van der Waals surface area (Å²) < 4.78 is 11.2. The van der Waals surface area contributed by atoms with Crippen molar-refractivity contribution in [3.8, 4) is 0 Å². The van der Waals surface area contributed by atoms with Gasteiger partial charge in [-0.1, -0.05) is 20.3 Å². The maximum absolute atomic E-state index is 12.8. The fourth-order valence-electron chi connectivity index (χ4n) is 10.6. The number of guanidine groups is 1. The van der Waals surface area contributed by atoms with Crippen LogP contribution in [0.1, 0.15) is 110 Å². The number of rotatable bonds is 14. The number of ether oxygens (including phenoxy) is 2. The molecule has 4 fully saturated rings. The molecule has 0 aromatic rings. The molecule has 10 atom stereocenters. The number of hydrogen-bond donors (Lipinski definition) is 6. The first-order valence-corrected chi connectivity index (χ1v) is 18.2. The number of nitrogens with one attached hydrogen (secondary N) is 1. The second-order valence-electron chi connectivity index (χ2n) is 15.8. The van der Waals surface area contributed by atoms with Gasteiger partial charge >= 0.3 is 17.9 Å². The number of esters is 2. The highest BCUT2D eigenvalue weighted by molar-refractivity contribution is 5.85. The van der Waals surface area contributed by atoms with E-state index in [-0.39, 0.29) is 91.4 Å². The summed E-state index contributed by atoms with van der Waals surface area (Å²) in [5.74, 6) is -1.86. The average Bonchev–Trinajstić information content (AvgIpc) is 3.57. The van der Waals surface area contributed by atoms with Crippen LogP contribution in [0.3, 0.4) is 0 Å². The van der Waals surface area contributed by atoms with Crippen LogP contribution < -0.4 is 16.8 Å². The van der Waals surface area contributed by atoms with Crippen LogP contribution in [0.2, 0.25) is 0 Å². The lowest BCUT2D eigenvalue weighted by Gasteiger charge is -2.65. The van der Waals surface area contributed by atoms with E-state index in [1.807, 2.05) is 0 Å². The molecule has 13 nitrogen and oxygen atoms in total. The molecule has 0 saturated heterocycles. The number of cyclic esters (lactones) is 1. The summed E-state index contributed by atoms with van der Waals surface area (Å²) in [5.41, 5.74) is 9.88. The Morgan fingerprint density at radius 2 is 1.84 bits per heavy atom. The molecule has 5 aliphatic rings. The summed E-state index contributed by atoms with van der Waals surface area (Å²) in [4.78, 5) is 52.2. The number of amides is 1. The van der Waals surface area contributed by atoms with Crippen LogP contribution in [-0.2, 0) is 28.7 Å². The lowest BCUT2D eigenvalue weighted by molar-refractivity contribution is -0.243. The Hall–Kier alpha value is -3.19. The first-order chi connectivity index (χ1) is 23.2. The molecule has 49 heavy (non-hydrogen) atoms. The van der Waals surface area contributed by atoms with Gasteiger partial charge in [0.05, 0.1) is 11.7 Å². The third kappa shape index (κ3) is 7.62. The Balaban J connectivity index is 1.05. The monoisotopic (exact) mass is 688 g/mol. The lowest BCUT2D eigenvalue weighted by atomic mass is 9.42. The Labute approximate surface area is 288 Å². The maximum Gasteiger partial charge on any atom is 0.331 e. The first-order valence-electron chi connectivity index (χ1n) is 18.2. The van der Waals surface area contributed by atoms with Crippen LogP contribution in [0.4, 0.5) is 0 Å². The van der Waals surface area contributed by atoms with Gasteiger partial charge in [0.15, 0.2) is 5.96 Å². The number of aliphatic hydroxyl groups is 2. The third-order valence-corrected chi connectivity index (χ3v) is 13.0. The van der Waals surface area contributed by atoms with Crippen molar-refractivity contribution in [1.82, 2.24) is 5.32 Å². The molecule has 0 radical (unpaired) electrons. The molecule has 0 spiro atoms. The van der Waals surface area contributed by atoms with Crippen molar-refractivity contribution in [2.24, 2.45) is 51.0 Å². The Morgan fingerprint density at radius 1 is 1.08 bits per heavy atom. The standard InChI is InChI=1S/C36H56N4O9/c1-34-14-12-23(49-29(43)9-5-3-4-8-28(42)40-26(32(45)46)7-6-16-39-33(37)38)18-22(34)10-11-25-31(34)27(41)19-35(2)24(13-15-36(25,35)47)21-17-30(44)48-20-21/h17,22-27,31,41,47H,3-16,18-20H2,1-2H3,(H,40,42)(H,45,46)(H4,37,38,39)/t22-,23+,24-,25+,26+,27-,31-,34+,35-,36+/m1/s1. The van der Waals surface area contributed by atoms with E-state index in [2.05, 4.69) is 24.2 Å². The van der Waals surface area contributed by atoms with Crippen molar-refractivity contribution in [2.45, 2.75) is 134 Å². The van der Waals surface area contributed by atoms with Crippen molar-refractivity contribution in [3.05, 3.63) is 11.6 Å². The smallest absolute Gasteiger partial charge is 0.331 e. The number of carbonyl (C=O) groups is 4. The quantitative estimate of drug-likeness (QED) is 0.0673. The molecule has 1 heterocycles. The second-order valence-corrected chi connectivity index (χ2v) is 15.8. The summed E-state index contributed by atoms with van der Waals surface area (Å²) >= 11 is 0. The summed E-state index contributed by atoms with van der Waals surface area (Å²) in [6.07, 6.45) is 9.60. The number of carboxylic acids is 1. The van der Waals surface area contributed by atoms with E-state index in [4.69, 9.17) is 20.9 Å². The third-order valence-electron chi connectivity index (χ3n) is 13.0. The molecular weight excluding hydrogens is 632 g/mol. The summed E-state index contributed by atoms with van der Waals surface area (Å²) in [5, 5.41) is 36.2. The lowest BCUT2D eigenvalue weighted by Crippen LogP contribution is -2.66. The summed E-state index contributed by atoms with van der Waals surface area (Å²) in [6, 6.07) is -1.01. The molecule has 0 bridgehead atoms. The van der Waals surface area contributed by atoms with Gasteiger partial charge in [-0.15, -0.1) is 0 Å². The van der Waals surface area contributed by atoms with Crippen molar-refractivity contribution in [3.63, 3.8) is 0 Å². The normalized spacial score (nSPS) is 37.1. The fraction of sp³-hybridized carbons (Fsp3) is 0.806. The zero-order valence-corrected chi connectivity index (χ0v) is 29.0. The molecule has 13 heteroatoms. The van der Waals surface area contributed by atoms with Crippen LogP contribution in [0, 0.1) is 34.5 Å². The number of aliphatic imine (C=N–C) groups is 1. The topological polar surface area (TPSA) is 224 Å². The minimum atomic E-state index is -1.11. The van der Waals surface area contributed by atoms with Gasteiger partial charge in [0.2, 0.25) is 5.91 Å².